The quantitative estimate of drug-likeness (QED) is 0.832. The Morgan fingerprint density at radius 2 is 2.33 bits per heavy atom. The van der Waals surface area contributed by atoms with E-state index in [9.17, 15) is 0 Å². The first-order valence-corrected chi connectivity index (χ1v) is 8.27. The van der Waals surface area contributed by atoms with Gasteiger partial charge in [0.1, 0.15) is 0 Å². The molecule has 2 aliphatic heterocycles. The summed E-state index contributed by atoms with van der Waals surface area (Å²) in [5, 5.41) is 3.79. The summed E-state index contributed by atoms with van der Waals surface area (Å²) in [5.74, 6) is 3.06. The van der Waals surface area contributed by atoms with Crippen LogP contribution in [0.2, 0.25) is 0 Å². The molecule has 0 saturated carbocycles. The van der Waals surface area contributed by atoms with Crippen molar-refractivity contribution < 1.29 is 9.47 Å². The van der Waals surface area contributed by atoms with Crippen LogP contribution in [0.3, 0.4) is 0 Å². The average molecular weight is 273 g/mol. The van der Waals surface area contributed by atoms with E-state index in [1.165, 1.54) is 24.3 Å². The monoisotopic (exact) mass is 273 g/mol. The third-order valence-electron chi connectivity index (χ3n) is 4.16. The minimum Gasteiger partial charge on any atom is -0.383 e. The third-order valence-corrected chi connectivity index (χ3v) is 5.38. The molecule has 1 N–H and O–H groups in total. The topological polar surface area (TPSA) is 30.5 Å². The lowest BCUT2D eigenvalue weighted by Gasteiger charge is -2.40. The fourth-order valence-corrected chi connectivity index (χ4v) is 4.33. The van der Waals surface area contributed by atoms with Gasteiger partial charge in [0.05, 0.1) is 12.2 Å². The summed E-state index contributed by atoms with van der Waals surface area (Å²) in [6.45, 7) is 6.24. The lowest BCUT2D eigenvalue weighted by atomic mass is 9.89. The van der Waals surface area contributed by atoms with Gasteiger partial charge in [-0.25, -0.2) is 0 Å². The molecule has 3 nitrogen and oxygen atoms in total. The van der Waals surface area contributed by atoms with Gasteiger partial charge < -0.3 is 14.8 Å². The number of hydrogen-bond donors (Lipinski definition) is 1. The van der Waals surface area contributed by atoms with Crippen LogP contribution in [0.15, 0.2) is 0 Å². The fraction of sp³-hybridized carbons (Fsp3) is 1.00. The Morgan fingerprint density at radius 1 is 1.50 bits per heavy atom. The summed E-state index contributed by atoms with van der Waals surface area (Å²) in [5.41, 5.74) is 0.176. The summed E-state index contributed by atoms with van der Waals surface area (Å²) in [6.07, 6.45) is 3.54. The van der Waals surface area contributed by atoms with Crippen molar-refractivity contribution in [3.63, 3.8) is 0 Å². The average Bonchev–Trinajstić information content (AvgIpc) is 2.77. The van der Waals surface area contributed by atoms with Crippen molar-refractivity contribution in [1.29, 1.82) is 0 Å². The molecule has 0 aromatic heterocycles. The predicted molar refractivity (Wildman–Crippen MR) is 77.3 cm³/mol. The van der Waals surface area contributed by atoms with Crippen molar-refractivity contribution in [3.05, 3.63) is 0 Å². The van der Waals surface area contributed by atoms with Crippen LogP contribution < -0.4 is 5.32 Å². The Hall–Kier alpha value is 0.230. The van der Waals surface area contributed by atoms with E-state index >= 15 is 0 Å². The molecule has 3 unspecified atom stereocenters. The normalized spacial score (nSPS) is 34.3. The highest BCUT2D eigenvalue weighted by Gasteiger charge is 2.40. The molecule has 0 aromatic rings. The van der Waals surface area contributed by atoms with Gasteiger partial charge in [-0.1, -0.05) is 13.8 Å². The number of hydrogen-bond acceptors (Lipinski definition) is 4. The lowest BCUT2D eigenvalue weighted by Crippen LogP contribution is -2.52. The van der Waals surface area contributed by atoms with Crippen LogP contribution in [-0.2, 0) is 9.47 Å². The first-order valence-electron chi connectivity index (χ1n) is 7.12. The van der Waals surface area contributed by atoms with Gasteiger partial charge in [0.25, 0.3) is 0 Å². The van der Waals surface area contributed by atoms with Crippen LogP contribution in [0.5, 0.6) is 0 Å². The van der Waals surface area contributed by atoms with E-state index in [-0.39, 0.29) is 5.60 Å². The van der Waals surface area contributed by atoms with Gasteiger partial charge in [-0.15, -0.1) is 0 Å². The molecule has 0 bridgehead atoms. The highest BCUT2D eigenvalue weighted by atomic mass is 32.2. The minimum absolute atomic E-state index is 0.176. The Labute approximate surface area is 115 Å². The molecule has 0 aliphatic carbocycles. The minimum atomic E-state index is 0.176. The first-order chi connectivity index (χ1) is 8.65. The zero-order chi connectivity index (χ0) is 13.0. The maximum atomic E-state index is 6.07. The SMILES string of the molecule is COCC(NC1CCOC2(CCSC2)C1)C(C)C. The molecule has 2 fully saturated rings. The van der Waals surface area contributed by atoms with Gasteiger partial charge in [-0.05, 0) is 30.9 Å². The molecule has 2 rings (SSSR count). The molecule has 2 heterocycles. The van der Waals surface area contributed by atoms with Gasteiger partial charge >= 0.3 is 0 Å². The van der Waals surface area contributed by atoms with E-state index in [4.69, 9.17) is 9.47 Å². The summed E-state index contributed by atoms with van der Waals surface area (Å²) in [4.78, 5) is 0. The second-order valence-corrected chi connectivity index (χ2v) is 7.10. The standard InChI is InChI=1S/C14H27NO2S/c1-11(2)13(9-16-3)15-12-4-6-17-14(8-12)5-7-18-10-14/h11-13,15H,4-10H2,1-3H3. The molecule has 18 heavy (non-hydrogen) atoms. The number of nitrogens with one attached hydrogen (secondary N) is 1. The zero-order valence-electron chi connectivity index (χ0n) is 11.9. The van der Waals surface area contributed by atoms with E-state index in [2.05, 4.69) is 19.2 Å². The molecule has 4 heteroatoms. The lowest BCUT2D eigenvalue weighted by molar-refractivity contribution is -0.0729. The van der Waals surface area contributed by atoms with Crippen LogP contribution in [0.1, 0.15) is 33.1 Å². The van der Waals surface area contributed by atoms with E-state index < -0.39 is 0 Å². The number of ether oxygens (including phenoxy) is 2. The van der Waals surface area contributed by atoms with E-state index in [0.29, 0.717) is 18.0 Å². The Bertz CT molecular complexity index is 254. The van der Waals surface area contributed by atoms with Gasteiger partial charge in [0, 0.05) is 31.6 Å². The molecule has 1 spiro atoms. The maximum absolute atomic E-state index is 6.07. The summed E-state index contributed by atoms with van der Waals surface area (Å²) < 4.78 is 11.4. The molecular formula is C14H27NO2S. The number of thioether (sulfide) groups is 1. The van der Waals surface area contributed by atoms with Crippen LogP contribution in [-0.4, -0.2) is 49.5 Å². The van der Waals surface area contributed by atoms with Crippen molar-refractivity contribution >= 4 is 11.8 Å². The first kappa shape index (κ1) is 14.6. The van der Waals surface area contributed by atoms with Gasteiger partial charge in [-0.2, -0.15) is 11.8 Å². The molecule has 2 saturated heterocycles. The van der Waals surface area contributed by atoms with E-state index in [1.54, 1.807) is 7.11 Å². The Kier molecular flexibility index (Phi) is 5.36. The van der Waals surface area contributed by atoms with Crippen LogP contribution in [0, 0.1) is 5.92 Å². The van der Waals surface area contributed by atoms with Crippen molar-refractivity contribution in [1.82, 2.24) is 5.32 Å². The second kappa shape index (κ2) is 6.60. The Morgan fingerprint density at radius 3 is 2.94 bits per heavy atom. The summed E-state index contributed by atoms with van der Waals surface area (Å²) in [7, 11) is 1.79. The molecular weight excluding hydrogens is 246 g/mol. The van der Waals surface area contributed by atoms with Crippen molar-refractivity contribution in [2.24, 2.45) is 5.92 Å². The highest BCUT2D eigenvalue weighted by Crippen LogP contribution is 2.38. The molecule has 3 atom stereocenters. The van der Waals surface area contributed by atoms with Crippen LogP contribution in [0.4, 0.5) is 0 Å². The van der Waals surface area contributed by atoms with Gasteiger partial charge in [0.15, 0.2) is 0 Å². The van der Waals surface area contributed by atoms with Crippen molar-refractivity contribution in [2.45, 2.75) is 50.8 Å². The molecule has 2 aliphatic rings. The highest BCUT2D eigenvalue weighted by molar-refractivity contribution is 7.99. The van der Waals surface area contributed by atoms with E-state index in [1.807, 2.05) is 11.8 Å². The summed E-state index contributed by atoms with van der Waals surface area (Å²) in [6, 6.07) is 1.06. The second-order valence-electron chi connectivity index (χ2n) is 6.00. The number of rotatable bonds is 5. The summed E-state index contributed by atoms with van der Waals surface area (Å²) >= 11 is 2.04. The molecule has 0 amide bonds. The molecule has 106 valence electrons. The molecule has 0 aromatic carbocycles. The van der Waals surface area contributed by atoms with Gasteiger partial charge in [-0.3, -0.25) is 0 Å². The Balaban J connectivity index is 1.88. The van der Waals surface area contributed by atoms with Crippen molar-refractivity contribution in [3.8, 4) is 0 Å². The predicted octanol–water partition coefficient (Wildman–Crippen LogP) is 2.30. The van der Waals surface area contributed by atoms with Crippen molar-refractivity contribution in [2.75, 3.05) is 31.8 Å². The van der Waals surface area contributed by atoms with Crippen LogP contribution >= 0.6 is 11.8 Å². The van der Waals surface area contributed by atoms with E-state index in [0.717, 1.165) is 19.6 Å². The van der Waals surface area contributed by atoms with Gasteiger partial charge in [0.2, 0.25) is 0 Å². The largest absolute Gasteiger partial charge is 0.383 e. The fourth-order valence-electron chi connectivity index (χ4n) is 2.95. The maximum Gasteiger partial charge on any atom is 0.0795 e. The smallest absolute Gasteiger partial charge is 0.0795 e. The van der Waals surface area contributed by atoms with Crippen LogP contribution in [0.25, 0.3) is 0 Å². The number of methoxy groups -OCH3 is 1. The zero-order valence-corrected chi connectivity index (χ0v) is 12.7. The third kappa shape index (κ3) is 3.62. The molecule has 0 radical (unpaired) electrons.